The summed E-state index contributed by atoms with van der Waals surface area (Å²) in [6.07, 6.45) is 6.27. The zero-order chi connectivity index (χ0) is 23.8. The summed E-state index contributed by atoms with van der Waals surface area (Å²) in [6, 6.07) is 5.79. The van der Waals surface area contributed by atoms with Crippen LogP contribution >= 0.6 is 0 Å². The number of pyridine rings is 2. The molecule has 0 aliphatic carbocycles. The van der Waals surface area contributed by atoms with Gasteiger partial charge < -0.3 is 19.6 Å². The molecule has 0 bridgehead atoms. The topological polar surface area (TPSA) is 94.1 Å². The highest BCUT2D eigenvalue weighted by Gasteiger charge is 2.38. The van der Waals surface area contributed by atoms with Gasteiger partial charge in [-0.15, -0.1) is 0 Å². The molecule has 0 aromatic carbocycles. The SMILES string of the molecule is COC1CCN(c2cc(C(=O)O)nc3c2C(C(C)C)NN3c2ccnc(N3CCCC3)c2)CC1. The number of nitrogens with zero attached hydrogens (tertiary/aromatic N) is 5. The Bertz CT molecular complexity index is 1050. The Hall–Kier alpha value is -2.91. The van der Waals surface area contributed by atoms with Crippen molar-refractivity contribution in [3.63, 3.8) is 0 Å². The summed E-state index contributed by atoms with van der Waals surface area (Å²) in [4.78, 5) is 25.9. The number of ether oxygens (including phenoxy) is 1. The molecule has 9 heteroatoms. The number of piperidine rings is 1. The molecule has 5 heterocycles. The highest BCUT2D eigenvalue weighted by Crippen LogP contribution is 2.45. The summed E-state index contributed by atoms with van der Waals surface area (Å²) < 4.78 is 5.55. The van der Waals surface area contributed by atoms with E-state index in [0.29, 0.717) is 5.82 Å². The Morgan fingerprint density at radius 1 is 1.15 bits per heavy atom. The Labute approximate surface area is 200 Å². The first-order valence-corrected chi connectivity index (χ1v) is 12.3. The molecular weight excluding hydrogens is 432 g/mol. The number of anilines is 4. The predicted octanol–water partition coefficient (Wildman–Crippen LogP) is 3.74. The summed E-state index contributed by atoms with van der Waals surface area (Å²) in [5.41, 5.74) is 6.64. The number of carbonyl (C=O) groups is 1. The van der Waals surface area contributed by atoms with Crippen LogP contribution in [-0.2, 0) is 4.74 Å². The molecule has 0 radical (unpaired) electrons. The number of fused-ring (bicyclic) bond motifs is 1. The first kappa shape index (κ1) is 22.9. The maximum atomic E-state index is 12.1. The van der Waals surface area contributed by atoms with E-state index in [0.717, 1.165) is 61.8 Å². The average Bonchev–Trinajstić information content (AvgIpc) is 3.52. The average molecular weight is 467 g/mol. The van der Waals surface area contributed by atoms with Gasteiger partial charge in [0, 0.05) is 56.8 Å². The Balaban J connectivity index is 1.58. The van der Waals surface area contributed by atoms with Crippen molar-refractivity contribution in [1.29, 1.82) is 0 Å². The van der Waals surface area contributed by atoms with Gasteiger partial charge in [-0.3, -0.25) is 5.01 Å². The molecule has 3 aliphatic heterocycles. The van der Waals surface area contributed by atoms with E-state index in [9.17, 15) is 9.90 Å². The highest BCUT2D eigenvalue weighted by molar-refractivity contribution is 5.89. The zero-order valence-corrected chi connectivity index (χ0v) is 20.2. The Morgan fingerprint density at radius 3 is 2.53 bits per heavy atom. The molecule has 2 saturated heterocycles. The number of hydrogen-bond donors (Lipinski definition) is 2. The summed E-state index contributed by atoms with van der Waals surface area (Å²) in [7, 11) is 1.76. The van der Waals surface area contributed by atoms with E-state index in [1.54, 1.807) is 13.2 Å². The molecule has 2 aromatic heterocycles. The largest absolute Gasteiger partial charge is 0.477 e. The third-order valence-electron chi connectivity index (χ3n) is 7.23. The molecule has 2 fully saturated rings. The van der Waals surface area contributed by atoms with Crippen molar-refractivity contribution in [1.82, 2.24) is 15.4 Å². The minimum absolute atomic E-state index is 0.0175. The van der Waals surface area contributed by atoms with Gasteiger partial charge >= 0.3 is 5.97 Å². The smallest absolute Gasteiger partial charge is 0.354 e. The van der Waals surface area contributed by atoms with Crippen LogP contribution in [-0.4, -0.2) is 60.4 Å². The second kappa shape index (κ2) is 9.38. The lowest BCUT2D eigenvalue weighted by molar-refractivity contribution is 0.0690. The molecule has 34 heavy (non-hydrogen) atoms. The summed E-state index contributed by atoms with van der Waals surface area (Å²) in [5, 5.41) is 11.8. The van der Waals surface area contributed by atoms with Crippen molar-refractivity contribution in [3.05, 3.63) is 35.7 Å². The van der Waals surface area contributed by atoms with Gasteiger partial charge in [-0.2, -0.15) is 0 Å². The zero-order valence-electron chi connectivity index (χ0n) is 20.2. The van der Waals surface area contributed by atoms with Crippen LogP contribution in [0.2, 0.25) is 0 Å². The van der Waals surface area contributed by atoms with Crippen molar-refractivity contribution in [2.45, 2.75) is 51.7 Å². The lowest BCUT2D eigenvalue weighted by Crippen LogP contribution is -2.37. The third-order valence-corrected chi connectivity index (χ3v) is 7.23. The minimum Gasteiger partial charge on any atom is -0.477 e. The van der Waals surface area contributed by atoms with Crippen molar-refractivity contribution >= 4 is 29.0 Å². The number of nitrogens with one attached hydrogen (secondary N) is 1. The van der Waals surface area contributed by atoms with E-state index in [1.165, 1.54) is 12.8 Å². The van der Waals surface area contributed by atoms with E-state index in [4.69, 9.17) is 4.74 Å². The lowest BCUT2D eigenvalue weighted by atomic mass is 9.95. The maximum Gasteiger partial charge on any atom is 0.354 e. The van der Waals surface area contributed by atoms with Crippen molar-refractivity contribution in [3.8, 4) is 0 Å². The minimum atomic E-state index is -1.02. The highest BCUT2D eigenvalue weighted by atomic mass is 16.5. The van der Waals surface area contributed by atoms with Gasteiger partial charge in [0.2, 0.25) is 0 Å². The molecule has 9 nitrogen and oxygen atoms in total. The number of carboxylic acid groups (broad SMARTS) is 1. The summed E-state index contributed by atoms with van der Waals surface area (Å²) >= 11 is 0. The molecule has 1 unspecified atom stereocenters. The molecule has 182 valence electrons. The van der Waals surface area contributed by atoms with Crippen LogP contribution in [0.5, 0.6) is 0 Å². The van der Waals surface area contributed by atoms with Crippen LogP contribution in [0.25, 0.3) is 0 Å². The van der Waals surface area contributed by atoms with Crippen molar-refractivity contribution in [2.75, 3.05) is 48.1 Å². The van der Waals surface area contributed by atoms with Gasteiger partial charge in [0.05, 0.1) is 17.8 Å². The van der Waals surface area contributed by atoms with Gasteiger partial charge in [0.15, 0.2) is 11.5 Å². The number of aromatic carboxylic acids is 1. The number of hydrazine groups is 1. The fraction of sp³-hybridized carbons (Fsp3) is 0.560. The second-order valence-electron chi connectivity index (χ2n) is 9.74. The number of carboxylic acids is 1. The number of aromatic nitrogens is 2. The first-order valence-electron chi connectivity index (χ1n) is 12.3. The van der Waals surface area contributed by atoms with Crippen LogP contribution in [0.1, 0.15) is 61.6 Å². The number of methoxy groups -OCH3 is 1. The van der Waals surface area contributed by atoms with Gasteiger partial charge in [-0.05, 0) is 43.7 Å². The predicted molar refractivity (Wildman–Crippen MR) is 132 cm³/mol. The van der Waals surface area contributed by atoms with Gasteiger partial charge in [-0.1, -0.05) is 13.8 Å². The van der Waals surface area contributed by atoms with E-state index in [2.05, 4.69) is 45.1 Å². The quantitative estimate of drug-likeness (QED) is 0.660. The first-order chi connectivity index (χ1) is 16.5. The molecule has 5 rings (SSSR count). The maximum absolute atomic E-state index is 12.1. The molecule has 0 spiro atoms. The van der Waals surface area contributed by atoms with Crippen molar-refractivity contribution < 1.29 is 14.6 Å². The fourth-order valence-electron chi connectivity index (χ4n) is 5.31. The molecule has 0 amide bonds. The van der Waals surface area contributed by atoms with E-state index in [1.807, 2.05) is 17.3 Å². The lowest BCUT2D eigenvalue weighted by Gasteiger charge is -2.35. The van der Waals surface area contributed by atoms with E-state index < -0.39 is 5.97 Å². The molecule has 2 aromatic rings. The van der Waals surface area contributed by atoms with Crippen LogP contribution in [0.3, 0.4) is 0 Å². The van der Waals surface area contributed by atoms with Crippen LogP contribution in [0.15, 0.2) is 24.4 Å². The molecule has 0 saturated carbocycles. The standard InChI is InChI=1S/C25H34N6O3/c1-16(2)23-22-20(29-12-7-18(34-3)8-13-29)15-19(25(32)33)27-24(22)31(28-23)17-6-9-26-21(14-17)30-10-4-5-11-30/h6,9,14-16,18,23,28H,4-5,7-8,10-13H2,1-3H3,(H,32,33). The third kappa shape index (κ3) is 4.18. The molecule has 2 N–H and O–H groups in total. The monoisotopic (exact) mass is 466 g/mol. The van der Waals surface area contributed by atoms with Crippen molar-refractivity contribution in [2.24, 2.45) is 5.92 Å². The fourth-order valence-corrected chi connectivity index (χ4v) is 5.31. The van der Waals surface area contributed by atoms with Gasteiger partial charge in [0.1, 0.15) is 5.82 Å². The normalized spacial score (nSPS) is 20.9. The second-order valence-corrected chi connectivity index (χ2v) is 9.74. The van der Waals surface area contributed by atoms with Crippen LogP contribution in [0, 0.1) is 5.92 Å². The number of rotatable bonds is 6. The van der Waals surface area contributed by atoms with E-state index in [-0.39, 0.29) is 23.8 Å². The van der Waals surface area contributed by atoms with Crippen LogP contribution < -0.4 is 20.2 Å². The van der Waals surface area contributed by atoms with Gasteiger partial charge in [-0.25, -0.2) is 20.2 Å². The summed E-state index contributed by atoms with van der Waals surface area (Å²) in [6.45, 7) is 8.04. The molecular formula is C25H34N6O3. The Kier molecular flexibility index (Phi) is 6.31. The molecule has 1 atom stereocenters. The Morgan fingerprint density at radius 2 is 1.88 bits per heavy atom. The van der Waals surface area contributed by atoms with E-state index >= 15 is 0 Å². The molecule has 3 aliphatic rings. The van der Waals surface area contributed by atoms with Crippen LogP contribution in [0.4, 0.5) is 23.0 Å². The van der Waals surface area contributed by atoms with Gasteiger partial charge in [0.25, 0.3) is 0 Å². The summed E-state index contributed by atoms with van der Waals surface area (Å²) in [5.74, 6) is 0.885. The number of hydrogen-bond acceptors (Lipinski definition) is 8.